The molecule has 3 N–H and O–H groups in total. The van der Waals surface area contributed by atoms with Crippen LogP contribution in [-0.2, 0) is 0 Å². The summed E-state index contributed by atoms with van der Waals surface area (Å²) in [7, 11) is 0. The lowest BCUT2D eigenvalue weighted by Gasteiger charge is -1.81. The molecule has 1 aromatic rings. The maximum absolute atomic E-state index is 5.54. The Kier molecular flexibility index (Phi) is 0.814. The first-order valence-corrected chi connectivity index (χ1v) is 2.87. The highest BCUT2D eigenvalue weighted by molar-refractivity contribution is 5.10. The average molecular weight is 125 g/mol. The maximum atomic E-state index is 5.54. The van der Waals surface area contributed by atoms with Gasteiger partial charge in [-0.1, -0.05) is 5.21 Å². The summed E-state index contributed by atoms with van der Waals surface area (Å²) in [5.74, 6) is 1.12. The Morgan fingerprint density at radius 1 is 1.67 bits per heavy atom. The van der Waals surface area contributed by atoms with Gasteiger partial charge >= 0.3 is 0 Å². The molecule has 0 saturated heterocycles. The molecule has 2 atom stereocenters. The van der Waals surface area contributed by atoms with Gasteiger partial charge in [0, 0.05) is 12.0 Å². The number of hydrogen-bond donors (Lipinski definition) is 2. The van der Waals surface area contributed by atoms with E-state index in [9.17, 15) is 0 Å². The third-order valence-electron chi connectivity index (χ3n) is 1.53. The quantitative estimate of drug-likeness (QED) is 0.505. The Balaban J connectivity index is 2.18. The van der Waals surface area contributed by atoms with Crippen molar-refractivity contribution in [2.45, 2.75) is 18.4 Å². The van der Waals surface area contributed by atoms with Gasteiger partial charge in [-0.15, -0.1) is 10.2 Å². The summed E-state index contributed by atoms with van der Waals surface area (Å²) in [6.45, 7) is 0. The lowest BCUT2D eigenvalue weighted by molar-refractivity contribution is 0.881. The Morgan fingerprint density at radius 2 is 2.44 bits per heavy atom. The van der Waals surface area contributed by atoms with E-state index in [0.29, 0.717) is 5.92 Å². The smallest absolute Gasteiger partial charge is 0.179 e. The second-order valence-electron chi connectivity index (χ2n) is 2.28. The summed E-state index contributed by atoms with van der Waals surface area (Å²) in [5, 5.41) is 13.4. The van der Waals surface area contributed by atoms with Crippen LogP contribution >= 0.6 is 0 Å². The van der Waals surface area contributed by atoms with Crippen molar-refractivity contribution in [2.24, 2.45) is 5.73 Å². The number of tetrazole rings is 1. The molecule has 9 heavy (non-hydrogen) atoms. The van der Waals surface area contributed by atoms with Crippen LogP contribution in [-0.4, -0.2) is 26.7 Å². The highest BCUT2D eigenvalue weighted by Crippen LogP contribution is 2.35. The number of nitrogens with one attached hydrogen (secondary N) is 1. The van der Waals surface area contributed by atoms with Gasteiger partial charge in [0.2, 0.25) is 0 Å². The summed E-state index contributed by atoms with van der Waals surface area (Å²) >= 11 is 0. The van der Waals surface area contributed by atoms with Crippen LogP contribution in [0.1, 0.15) is 18.2 Å². The SMILES string of the molecule is NC1CC1c1nn[nH]n1. The number of nitrogens with zero attached hydrogens (tertiary/aromatic N) is 3. The Hall–Kier alpha value is -0.970. The molecule has 1 aromatic heterocycles. The zero-order chi connectivity index (χ0) is 6.27. The molecular weight excluding hydrogens is 118 g/mol. The number of hydrogen-bond acceptors (Lipinski definition) is 4. The molecule has 1 fully saturated rings. The Labute approximate surface area is 51.6 Å². The lowest BCUT2D eigenvalue weighted by Crippen LogP contribution is -2.01. The minimum Gasteiger partial charge on any atom is -0.327 e. The number of aromatic amines is 1. The van der Waals surface area contributed by atoms with E-state index in [1.807, 2.05) is 0 Å². The average Bonchev–Trinajstić information content (AvgIpc) is 2.44. The van der Waals surface area contributed by atoms with E-state index in [1.165, 1.54) is 0 Å². The summed E-state index contributed by atoms with van der Waals surface area (Å²) in [5.41, 5.74) is 5.54. The van der Waals surface area contributed by atoms with Crippen molar-refractivity contribution in [2.75, 3.05) is 0 Å². The Bertz CT molecular complexity index is 193. The van der Waals surface area contributed by atoms with Gasteiger partial charge in [-0.25, -0.2) is 0 Å². The van der Waals surface area contributed by atoms with Crippen molar-refractivity contribution < 1.29 is 0 Å². The molecule has 0 amide bonds. The fourth-order valence-electron chi connectivity index (χ4n) is 0.838. The van der Waals surface area contributed by atoms with Crippen molar-refractivity contribution >= 4 is 0 Å². The molecule has 0 bridgehead atoms. The molecule has 2 unspecified atom stereocenters. The summed E-state index contributed by atoms with van der Waals surface area (Å²) in [6.07, 6.45) is 1.000. The van der Waals surface area contributed by atoms with E-state index in [1.54, 1.807) is 0 Å². The monoisotopic (exact) mass is 125 g/mol. The van der Waals surface area contributed by atoms with E-state index in [-0.39, 0.29) is 6.04 Å². The first-order valence-electron chi connectivity index (χ1n) is 2.87. The first kappa shape index (κ1) is 4.87. The topological polar surface area (TPSA) is 80.5 Å². The van der Waals surface area contributed by atoms with E-state index in [2.05, 4.69) is 20.6 Å². The van der Waals surface area contributed by atoms with Gasteiger partial charge in [0.25, 0.3) is 0 Å². The van der Waals surface area contributed by atoms with Crippen molar-refractivity contribution in [3.05, 3.63) is 5.82 Å². The second kappa shape index (κ2) is 1.51. The molecule has 5 heteroatoms. The summed E-state index contributed by atoms with van der Waals surface area (Å²) < 4.78 is 0. The molecule has 1 saturated carbocycles. The van der Waals surface area contributed by atoms with Gasteiger partial charge < -0.3 is 5.73 Å². The molecule has 2 rings (SSSR count). The molecule has 1 heterocycles. The van der Waals surface area contributed by atoms with Gasteiger partial charge in [-0.2, -0.15) is 5.21 Å². The van der Waals surface area contributed by atoms with Crippen molar-refractivity contribution in [3.8, 4) is 0 Å². The predicted octanol–water partition coefficient (Wildman–Crippen LogP) is -0.986. The molecule has 0 radical (unpaired) electrons. The first-order chi connectivity index (χ1) is 4.38. The minimum absolute atomic E-state index is 0.266. The predicted molar refractivity (Wildman–Crippen MR) is 29.5 cm³/mol. The number of H-pyrrole nitrogens is 1. The lowest BCUT2D eigenvalue weighted by atomic mass is 10.4. The molecule has 48 valence electrons. The minimum atomic E-state index is 0.266. The van der Waals surface area contributed by atoms with Gasteiger partial charge in [0.05, 0.1) is 0 Å². The van der Waals surface area contributed by atoms with Crippen LogP contribution in [0.5, 0.6) is 0 Å². The van der Waals surface area contributed by atoms with Crippen molar-refractivity contribution in [1.29, 1.82) is 0 Å². The molecule has 0 aliphatic heterocycles. The van der Waals surface area contributed by atoms with Gasteiger partial charge in [0.15, 0.2) is 5.82 Å². The molecule has 0 spiro atoms. The summed E-state index contributed by atoms with van der Waals surface area (Å²) in [6, 6.07) is 0.266. The van der Waals surface area contributed by atoms with E-state index in [0.717, 1.165) is 12.2 Å². The third kappa shape index (κ3) is 0.692. The van der Waals surface area contributed by atoms with Gasteiger partial charge in [-0.3, -0.25) is 0 Å². The summed E-state index contributed by atoms with van der Waals surface area (Å²) in [4.78, 5) is 0. The van der Waals surface area contributed by atoms with Gasteiger partial charge in [-0.05, 0) is 6.42 Å². The van der Waals surface area contributed by atoms with Gasteiger partial charge in [0.1, 0.15) is 0 Å². The zero-order valence-corrected chi connectivity index (χ0v) is 4.78. The molecule has 5 nitrogen and oxygen atoms in total. The van der Waals surface area contributed by atoms with E-state index >= 15 is 0 Å². The molecule has 1 aliphatic rings. The second-order valence-corrected chi connectivity index (χ2v) is 2.28. The van der Waals surface area contributed by atoms with Crippen LogP contribution in [0.15, 0.2) is 0 Å². The Morgan fingerprint density at radius 3 is 2.89 bits per heavy atom. The van der Waals surface area contributed by atoms with Crippen LogP contribution in [0.4, 0.5) is 0 Å². The van der Waals surface area contributed by atoms with Crippen LogP contribution in [0.25, 0.3) is 0 Å². The van der Waals surface area contributed by atoms with Crippen LogP contribution in [0.2, 0.25) is 0 Å². The van der Waals surface area contributed by atoms with E-state index in [4.69, 9.17) is 5.73 Å². The van der Waals surface area contributed by atoms with E-state index < -0.39 is 0 Å². The van der Waals surface area contributed by atoms with Crippen molar-refractivity contribution in [3.63, 3.8) is 0 Å². The maximum Gasteiger partial charge on any atom is 0.179 e. The normalized spacial score (nSPS) is 32.6. The standard InChI is InChI=1S/C4H7N5/c5-3-1-2(3)4-6-8-9-7-4/h2-3H,1,5H2,(H,6,7,8,9). The molecule has 0 aromatic carbocycles. The zero-order valence-electron chi connectivity index (χ0n) is 4.78. The molecule has 1 aliphatic carbocycles. The fraction of sp³-hybridized carbons (Fsp3) is 0.750. The number of nitrogens with two attached hydrogens (primary N) is 1. The van der Waals surface area contributed by atoms with Crippen LogP contribution in [0.3, 0.4) is 0 Å². The largest absolute Gasteiger partial charge is 0.327 e. The fourth-order valence-corrected chi connectivity index (χ4v) is 0.838. The van der Waals surface area contributed by atoms with Crippen molar-refractivity contribution in [1.82, 2.24) is 20.6 Å². The third-order valence-corrected chi connectivity index (χ3v) is 1.53. The van der Waals surface area contributed by atoms with Crippen LogP contribution in [0, 0.1) is 0 Å². The highest BCUT2D eigenvalue weighted by Gasteiger charge is 2.38. The van der Waals surface area contributed by atoms with Crippen LogP contribution < -0.4 is 5.73 Å². The molecular formula is C4H7N5. The highest BCUT2D eigenvalue weighted by atomic mass is 15.5. The number of aromatic nitrogens is 4. The number of rotatable bonds is 1.